The molecule has 0 aromatic heterocycles. The Kier molecular flexibility index (Phi) is 4.44. The van der Waals surface area contributed by atoms with Crippen LogP contribution < -0.4 is 5.32 Å². The molecule has 0 saturated heterocycles. The third kappa shape index (κ3) is 3.49. The van der Waals surface area contributed by atoms with Crippen molar-refractivity contribution in [3.8, 4) is 0 Å². The van der Waals surface area contributed by atoms with Crippen molar-refractivity contribution in [3.05, 3.63) is 65.0 Å². The van der Waals surface area contributed by atoms with E-state index in [1.165, 1.54) is 18.4 Å². The van der Waals surface area contributed by atoms with E-state index in [1.54, 1.807) is 31.3 Å². The minimum absolute atomic E-state index is 0.188. The second-order valence-electron chi connectivity index (χ2n) is 5.07. The van der Waals surface area contributed by atoms with Crippen LogP contribution >= 0.6 is 0 Å². The van der Waals surface area contributed by atoms with Gasteiger partial charge in [0.2, 0.25) is 0 Å². The summed E-state index contributed by atoms with van der Waals surface area (Å²) in [6.45, 7) is 1.84. The lowest BCUT2D eigenvalue weighted by Gasteiger charge is -2.20. The fourth-order valence-electron chi connectivity index (χ4n) is 2.39. The SMILES string of the molecule is CNC(c1cccc(S(C)(=O)=O)c1)c1ccc(F)cc1C. The molecular formula is C16H18FNO2S. The zero-order valence-electron chi connectivity index (χ0n) is 12.2. The summed E-state index contributed by atoms with van der Waals surface area (Å²) in [4.78, 5) is 0.278. The van der Waals surface area contributed by atoms with E-state index in [2.05, 4.69) is 5.32 Å². The molecule has 1 unspecified atom stereocenters. The van der Waals surface area contributed by atoms with Crippen molar-refractivity contribution < 1.29 is 12.8 Å². The van der Waals surface area contributed by atoms with Crippen LogP contribution in [0.5, 0.6) is 0 Å². The molecular weight excluding hydrogens is 289 g/mol. The molecule has 2 aromatic carbocycles. The van der Waals surface area contributed by atoms with Crippen molar-refractivity contribution in [2.75, 3.05) is 13.3 Å². The number of rotatable bonds is 4. The van der Waals surface area contributed by atoms with Gasteiger partial charge in [-0.05, 0) is 54.9 Å². The van der Waals surface area contributed by atoms with Gasteiger partial charge in [0.25, 0.3) is 0 Å². The monoisotopic (exact) mass is 307 g/mol. The third-order valence-corrected chi connectivity index (χ3v) is 4.56. The molecule has 112 valence electrons. The Morgan fingerprint density at radius 3 is 2.43 bits per heavy atom. The highest BCUT2D eigenvalue weighted by Crippen LogP contribution is 2.26. The fourth-order valence-corrected chi connectivity index (χ4v) is 3.07. The lowest BCUT2D eigenvalue weighted by Crippen LogP contribution is -2.19. The predicted molar refractivity (Wildman–Crippen MR) is 81.6 cm³/mol. The van der Waals surface area contributed by atoms with Crippen LogP contribution in [0, 0.1) is 12.7 Å². The van der Waals surface area contributed by atoms with Crippen molar-refractivity contribution in [2.24, 2.45) is 0 Å². The average molecular weight is 307 g/mol. The molecule has 5 heteroatoms. The van der Waals surface area contributed by atoms with Gasteiger partial charge in [-0.1, -0.05) is 18.2 Å². The van der Waals surface area contributed by atoms with E-state index in [-0.39, 0.29) is 16.8 Å². The van der Waals surface area contributed by atoms with E-state index in [1.807, 2.05) is 13.0 Å². The Morgan fingerprint density at radius 1 is 1.14 bits per heavy atom. The minimum atomic E-state index is -3.25. The van der Waals surface area contributed by atoms with Gasteiger partial charge in [0, 0.05) is 6.26 Å². The first kappa shape index (κ1) is 15.7. The van der Waals surface area contributed by atoms with Crippen LogP contribution in [0.2, 0.25) is 0 Å². The highest BCUT2D eigenvalue weighted by atomic mass is 32.2. The summed E-state index contributed by atoms with van der Waals surface area (Å²) in [6, 6.07) is 11.2. The number of hydrogen-bond acceptors (Lipinski definition) is 3. The number of sulfone groups is 1. The van der Waals surface area contributed by atoms with Gasteiger partial charge in [-0.3, -0.25) is 0 Å². The van der Waals surface area contributed by atoms with Crippen molar-refractivity contribution >= 4 is 9.84 Å². The zero-order chi connectivity index (χ0) is 15.6. The van der Waals surface area contributed by atoms with Crippen LogP contribution in [0.3, 0.4) is 0 Å². The maximum atomic E-state index is 13.2. The Balaban J connectivity index is 2.51. The van der Waals surface area contributed by atoms with Gasteiger partial charge in [-0.15, -0.1) is 0 Å². The predicted octanol–water partition coefficient (Wildman–Crippen LogP) is 2.85. The van der Waals surface area contributed by atoms with Gasteiger partial charge >= 0.3 is 0 Å². The molecule has 0 bridgehead atoms. The van der Waals surface area contributed by atoms with E-state index in [0.717, 1.165) is 16.7 Å². The van der Waals surface area contributed by atoms with Crippen molar-refractivity contribution in [3.63, 3.8) is 0 Å². The van der Waals surface area contributed by atoms with E-state index < -0.39 is 9.84 Å². The van der Waals surface area contributed by atoms with Gasteiger partial charge in [0.05, 0.1) is 10.9 Å². The van der Waals surface area contributed by atoms with Gasteiger partial charge in [0.1, 0.15) is 5.82 Å². The summed E-state index contributed by atoms with van der Waals surface area (Å²) in [5.74, 6) is -0.281. The first-order valence-electron chi connectivity index (χ1n) is 6.56. The topological polar surface area (TPSA) is 46.2 Å². The third-order valence-electron chi connectivity index (χ3n) is 3.45. The summed E-state index contributed by atoms with van der Waals surface area (Å²) in [5.41, 5.74) is 2.57. The minimum Gasteiger partial charge on any atom is -0.309 e. The number of aryl methyl sites for hydroxylation is 1. The molecule has 1 N–H and O–H groups in total. The van der Waals surface area contributed by atoms with Crippen LogP contribution in [0.4, 0.5) is 4.39 Å². The molecule has 0 spiro atoms. The molecule has 1 atom stereocenters. The second kappa shape index (κ2) is 5.95. The van der Waals surface area contributed by atoms with Gasteiger partial charge in [0.15, 0.2) is 9.84 Å². The first-order chi connectivity index (χ1) is 9.82. The summed E-state index contributed by atoms with van der Waals surface area (Å²) in [6.07, 6.45) is 1.18. The Hall–Kier alpha value is -1.72. The zero-order valence-corrected chi connectivity index (χ0v) is 13.0. The second-order valence-corrected chi connectivity index (χ2v) is 7.08. The maximum absolute atomic E-state index is 13.2. The summed E-state index contributed by atoms with van der Waals surface area (Å²) in [5, 5.41) is 3.16. The molecule has 2 aromatic rings. The molecule has 3 nitrogen and oxygen atoms in total. The Labute approximate surface area is 124 Å². The van der Waals surface area contributed by atoms with Gasteiger partial charge in [-0.2, -0.15) is 0 Å². The Bertz CT molecular complexity index is 757. The Morgan fingerprint density at radius 2 is 1.86 bits per heavy atom. The summed E-state index contributed by atoms with van der Waals surface area (Å²) >= 11 is 0. The highest BCUT2D eigenvalue weighted by Gasteiger charge is 2.17. The highest BCUT2D eigenvalue weighted by molar-refractivity contribution is 7.90. The lowest BCUT2D eigenvalue weighted by atomic mass is 9.95. The molecule has 0 radical (unpaired) electrons. The fraction of sp³-hybridized carbons (Fsp3) is 0.250. The van der Waals surface area contributed by atoms with Crippen molar-refractivity contribution in [2.45, 2.75) is 17.9 Å². The molecule has 2 rings (SSSR count). The standard InChI is InChI=1S/C16H18FNO2S/c1-11-9-13(17)7-8-15(11)16(18-2)12-5-4-6-14(10-12)21(3,19)20/h4-10,16,18H,1-3H3. The normalized spacial score (nSPS) is 13.1. The maximum Gasteiger partial charge on any atom is 0.175 e. The number of benzene rings is 2. The smallest absolute Gasteiger partial charge is 0.175 e. The van der Waals surface area contributed by atoms with E-state index in [0.29, 0.717) is 0 Å². The molecule has 0 saturated carbocycles. The molecule has 0 aliphatic rings. The van der Waals surface area contributed by atoms with Crippen LogP contribution in [0.1, 0.15) is 22.7 Å². The first-order valence-corrected chi connectivity index (χ1v) is 8.45. The van der Waals surface area contributed by atoms with Crippen LogP contribution in [-0.2, 0) is 9.84 Å². The largest absolute Gasteiger partial charge is 0.309 e. The van der Waals surface area contributed by atoms with E-state index in [4.69, 9.17) is 0 Å². The van der Waals surface area contributed by atoms with E-state index >= 15 is 0 Å². The summed E-state index contributed by atoms with van der Waals surface area (Å²) in [7, 11) is -1.46. The van der Waals surface area contributed by atoms with Gasteiger partial charge in [-0.25, -0.2) is 12.8 Å². The quantitative estimate of drug-likeness (QED) is 0.945. The number of halogens is 1. The molecule has 0 fully saturated rings. The van der Waals surface area contributed by atoms with Crippen LogP contribution in [0.15, 0.2) is 47.4 Å². The van der Waals surface area contributed by atoms with Gasteiger partial charge < -0.3 is 5.32 Å². The lowest BCUT2D eigenvalue weighted by molar-refractivity contribution is 0.601. The van der Waals surface area contributed by atoms with Crippen LogP contribution in [-0.4, -0.2) is 21.7 Å². The molecule has 21 heavy (non-hydrogen) atoms. The molecule has 0 heterocycles. The molecule has 0 aliphatic heterocycles. The number of hydrogen-bond donors (Lipinski definition) is 1. The summed E-state index contributed by atoms with van der Waals surface area (Å²) < 4.78 is 36.6. The van der Waals surface area contributed by atoms with Crippen molar-refractivity contribution in [1.82, 2.24) is 5.32 Å². The average Bonchev–Trinajstić information content (AvgIpc) is 2.41. The van der Waals surface area contributed by atoms with Crippen molar-refractivity contribution in [1.29, 1.82) is 0 Å². The molecule has 0 amide bonds. The molecule has 0 aliphatic carbocycles. The van der Waals surface area contributed by atoms with E-state index in [9.17, 15) is 12.8 Å². The van der Waals surface area contributed by atoms with Crippen LogP contribution in [0.25, 0.3) is 0 Å². The number of nitrogens with one attached hydrogen (secondary N) is 1.